The third kappa shape index (κ3) is 3.01. The summed E-state index contributed by atoms with van der Waals surface area (Å²) in [5, 5.41) is 3.35. The van der Waals surface area contributed by atoms with Crippen LogP contribution in [0.25, 0.3) is 0 Å². The highest BCUT2D eigenvalue weighted by Crippen LogP contribution is 2.34. The Labute approximate surface area is 123 Å². The van der Waals surface area contributed by atoms with Crippen molar-refractivity contribution in [3.05, 3.63) is 29.8 Å². The minimum atomic E-state index is 0.749. The van der Waals surface area contributed by atoms with Crippen molar-refractivity contribution in [2.24, 2.45) is 0 Å². The summed E-state index contributed by atoms with van der Waals surface area (Å²) < 4.78 is 0. The maximum atomic E-state index is 3.35. The van der Waals surface area contributed by atoms with Gasteiger partial charge in [-0.1, -0.05) is 37.5 Å². The minimum Gasteiger partial charge on any atom is -0.388 e. The molecule has 1 N–H and O–H groups in total. The largest absolute Gasteiger partial charge is 0.388 e. The highest BCUT2D eigenvalue weighted by atomic mass is 15.2. The van der Waals surface area contributed by atoms with E-state index in [-0.39, 0.29) is 0 Å². The topological polar surface area (TPSA) is 15.3 Å². The standard InChI is InChI=1S/C18H28N2/c1-19-18-10-6-5-9-17(18)15-11-13-20(14-12-15)16-7-3-2-4-8-16/h5-6,9-10,15-16,19H,2-4,7-8,11-14H2,1H3. The predicted octanol–water partition coefficient (Wildman–Crippen LogP) is 4.24. The van der Waals surface area contributed by atoms with Gasteiger partial charge in [0.1, 0.15) is 0 Å². The van der Waals surface area contributed by atoms with Crippen LogP contribution in [0.5, 0.6) is 0 Å². The van der Waals surface area contributed by atoms with Gasteiger partial charge in [0.2, 0.25) is 0 Å². The van der Waals surface area contributed by atoms with E-state index in [1.54, 1.807) is 0 Å². The minimum absolute atomic E-state index is 0.749. The summed E-state index contributed by atoms with van der Waals surface area (Å²) in [6.45, 7) is 2.60. The fourth-order valence-corrected chi connectivity index (χ4v) is 4.10. The number of para-hydroxylation sites is 1. The summed E-state index contributed by atoms with van der Waals surface area (Å²) >= 11 is 0. The van der Waals surface area contributed by atoms with E-state index in [1.165, 1.54) is 69.3 Å². The van der Waals surface area contributed by atoms with Gasteiger partial charge >= 0.3 is 0 Å². The van der Waals surface area contributed by atoms with Crippen LogP contribution >= 0.6 is 0 Å². The Bertz CT molecular complexity index is 415. The molecule has 1 aromatic rings. The molecule has 1 aliphatic carbocycles. The van der Waals surface area contributed by atoms with Crippen LogP contribution in [-0.2, 0) is 0 Å². The number of hydrogen-bond acceptors (Lipinski definition) is 2. The highest BCUT2D eigenvalue weighted by molar-refractivity contribution is 5.52. The van der Waals surface area contributed by atoms with Gasteiger partial charge in [-0.25, -0.2) is 0 Å². The number of nitrogens with zero attached hydrogens (tertiary/aromatic N) is 1. The van der Waals surface area contributed by atoms with Gasteiger partial charge < -0.3 is 10.2 Å². The summed E-state index contributed by atoms with van der Waals surface area (Å²) in [6, 6.07) is 9.73. The average Bonchev–Trinajstić information content (AvgIpc) is 2.56. The molecular weight excluding hydrogens is 244 g/mol. The van der Waals surface area contributed by atoms with Crippen molar-refractivity contribution in [2.75, 3.05) is 25.5 Å². The molecule has 2 heteroatoms. The van der Waals surface area contributed by atoms with Crippen molar-refractivity contribution >= 4 is 5.69 Å². The van der Waals surface area contributed by atoms with Crippen LogP contribution in [0.4, 0.5) is 5.69 Å². The monoisotopic (exact) mass is 272 g/mol. The van der Waals surface area contributed by atoms with Gasteiger partial charge in [0.05, 0.1) is 0 Å². The molecule has 0 spiro atoms. The van der Waals surface area contributed by atoms with Crippen LogP contribution in [0.1, 0.15) is 56.4 Å². The van der Waals surface area contributed by atoms with Gasteiger partial charge in [0.25, 0.3) is 0 Å². The smallest absolute Gasteiger partial charge is 0.0372 e. The molecule has 1 aliphatic heterocycles. The Balaban J connectivity index is 1.60. The normalized spacial score (nSPS) is 22.9. The number of rotatable bonds is 3. The van der Waals surface area contributed by atoms with Crippen molar-refractivity contribution in [3.63, 3.8) is 0 Å². The Morgan fingerprint density at radius 3 is 2.35 bits per heavy atom. The number of likely N-dealkylation sites (tertiary alicyclic amines) is 1. The molecule has 3 rings (SSSR count). The first-order valence-corrected chi connectivity index (χ1v) is 8.39. The zero-order valence-electron chi connectivity index (χ0n) is 12.8. The van der Waals surface area contributed by atoms with Crippen molar-refractivity contribution in [2.45, 2.75) is 56.9 Å². The lowest BCUT2D eigenvalue weighted by molar-refractivity contribution is 0.122. The molecule has 1 aromatic carbocycles. The summed E-state index contributed by atoms with van der Waals surface area (Å²) in [5.74, 6) is 0.749. The van der Waals surface area contributed by atoms with E-state index < -0.39 is 0 Å². The first kappa shape index (κ1) is 13.9. The molecule has 1 heterocycles. The van der Waals surface area contributed by atoms with Crippen LogP contribution in [0.3, 0.4) is 0 Å². The fourth-order valence-electron chi connectivity index (χ4n) is 4.10. The molecule has 0 unspecified atom stereocenters. The van der Waals surface area contributed by atoms with Gasteiger partial charge in [0.15, 0.2) is 0 Å². The van der Waals surface area contributed by atoms with Crippen molar-refractivity contribution < 1.29 is 0 Å². The highest BCUT2D eigenvalue weighted by Gasteiger charge is 2.27. The van der Waals surface area contributed by atoms with Gasteiger partial charge in [-0.2, -0.15) is 0 Å². The number of nitrogens with one attached hydrogen (secondary N) is 1. The van der Waals surface area contributed by atoms with E-state index in [9.17, 15) is 0 Å². The van der Waals surface area contributed by atoms with Crippen molar-refractivity contribution in [1.82, 2.24) is 4.90 Å². The number of benzene rings is 1. The van der Waals surface area contributed by atoms with Crippen LogP contribution in [0, 0.1) is 0 Å². The summed E-state index contributed by atoms with van der Waals surface area (Å²) in [7, 11) is 2.04. The van der Waals surface area contributed by atoms with E-state index in [1.807, 2.05) is 7.05 Å². The lowest BCUT2D eigenvalue weighted by atomic mass is 9.86. The molecule has 2 nitrogen and oxygen atoms in total. The zero-order chi connectivity index (χ0) is 13.8. The predicted molar refractivity (Wildman–Crippen MR) is 86.4 cm³/mol. The molecule has 0 bridgehead atoms. The Kier molecular flexibility index (Phi) is 4.62. The van der Waals surface area contributed by atoms with Gasteiger partial charge in [-0.3, -0.25) is 0 Å². The molecule has 1 saturated carbocycles. The maximum Gasteiger partial charge on any atom is 0.0372 e. The third-order valence-electron chi connectivity index (χ3n) is 5.29. The molecule has 110 valence electrons. The van der Waals surface area contributed by atoms with E-state index in [0.29, 0.717) is 0 Å². The number of anilines is 1. The Morgan fingerprint density at radius 1 is 0.950 bits per heavy atom. The van der Waals surface area contributed by atoms with E-state index in [0.717, 1.165) is 12.0 Å². The lowest BCUT2D eigenvalue weighted by Crippen LogP contribution is -2.41. The summed E-state index contributed by atoms with van der Waals surface area (Å²) in [6.07, 6.45) is 9.91. The Hall–Kier alpha value is -1.02. The number of piperidine rings is 1. The van der Waals surface area contributed by atoms with E-state index in [4.69, 9.17) is 0 Å². The first-order chi connectivity index (χ1) is 9.88. The van der Waals surface area contributed by atoms with Crippen LogP contribution in [-0.4, -0.2) is 31.1 Å². The second-order valence-corrected chi connectivity index (χ2v) is 6.44. The SMILES string of the molecule is CNc1ccccc1C1CCN(C2CCCCC2)CC1. The van der Waals surface area contributed by atoms with E-state index in [2.05, 4.69) is 34.5 Å². The molecule has 20 heavy (non-hydrogen) atoms. The maximum absolute atomic E-state index is 3.35. The van der Waals surface area contributed by atoms with Gasteiger partial charge in [-0.15, -0.1) is 0 Å². The fraction of sp³-hybridized carbons (Fsp3) is 0.667. The molecule has 1 saturated heterocycles. The quantitative estimate of drug-likeness (QED) is 0.885. The first-order valence-electron chi connectivity index (χ1n) is 8.39. The molecule has 2 aliphatic rings. The molecular formula is C18H28N2. The van der Waals surface area contributed by atoms with Crippen molar-refractivity contribution in [1.29, 1.82) is 0 Å². The van der Waals surface area contributed by atoms with E-state index >= 15 is 0 Å². The summed E-state index contributed by atoms with van der Waals surface area (Å²) in [5.41, 5.74) is 2.85. The van der Waals surface area contributed by atoms with Gasteiger partial charge in [-0.05, 0) is 56.3 Å². The molecule has 0 radical (unpaired) electrons. The third-order valence-corrected chi connectivity index (χ3v) is 5.29. The van der Waals surface area contributed by atoms with Crippen molar-refractivity contribution in [3.8, 4) is 0 Å². The molecule has 2 fully saturated rings. The second-order valence-electron chi connectivity index (χ2n) is 6.44. The lowest BCUT2D eigenvalue weighted by Gasteiger charge is -2.39. The molecule has 0 amide bonds. The molecule has 0 aromatic heterocycles. The average molecular weight is 272 g/mol. The molecule has 0 atom stereocenters. The van der Waals surface area contributed by atoms with Crippen LogP contribution in [0.15, 0.2) is 24.3 Å². The Morgan fingerprint density at radius 2 is 1.65 bits per heavy atom. The van der Waals surface area contributed by atoms with Crippen LogP contribution < -0.4 is 5.32 Å². The second kappa shape index (κ2) is 6.62. The number of hydrogen-bond donors (Lipinski definition) is 1. The van der Waals surface area contributed by atoms with Crippen LogP contribution in [0.2, 0.25) is 0 Å². The summed E-state index contributed by atoms with van der Waals surface area (Å²) in [4.78, 5) is 2.78. The zero-order valence-corrected chi connectivity index (χ0v) is 12.8. The van der Waals surface area contributed by atoms with Gasteiger partial charge in [0, 0.05) is 18.8 Å².